The van der Waals surface area contributed by atoms with Crippen molar-refractivity contribution in [3.63, 3.8) is 0 Å². The Labute approximate surface area is 441 Å². The maximum absolute atomic E-state index is 12.8. The number of pyridine rings is 1. The van der Waals surface area contributed by atoms with Gasteiger partial charge in [0.2, 0.25) is 0 Å². The third-order valence-electron chi connectivity index (χ3n) is 13.7. The molecule has 0 radical (unpaired) electrons. The van der Waals surface area contributed by atoms with Gasteiger partial charge < -0.3 is 5.11 Å². The standard InChI is InChI=1S/C66H68N3O.Pt/c1-41-23-25-43(26-24-41)46-31-32-67-57(37-46)48-34-47(35-50(36-48)64(6,7)8)52-21-18-22-58-60(52)68-62(55-38-51(65(9,10)11)39-56(61(55)70)66(12,13)14)69(58)59-40-53(44-19-16-15-17-20-44)42(2)33-54(59)45-27-29-49(30-28-45)63(3,4)5;/h15-33,35-40,70H,1-14H3;/q-1;/i2D3;. The number of hydrogen-bond acceptors (Lipinski definition) is 3. The second-order valence-corrected chi connectivity index (χ2v) is 23.2. The molecule has 1 N–H and O–H groups in total. The molecule has 71 heavy (non-hydrogen) atoms. The monoisotopic (exact) mass is 1120 g/mol. The van der Waals surface area contributed by atoms with Crippen LogP contribution in [-0.4, -0.2) is 19.6 Å². The molecule has 5 heteroatoms. The van der Waals surface area contributed by atoms with Crippen molar-refractivity contribution in [2.45, 2.75) is 119 Å². The van der Waals surface area contributed by atoms with E-state index in [2.05, 4.69) is 198 Å². The molecule has 0 bridgehead atoms. The van der Waals surface area contributed by atoms with Crippen LogP contribution in [0.5, 0.6) is 5.75 Å². The van der Waals surface area contributed by atoms with E-state index in [1.54, 1.807) is 0 Å². The van der Waals surface area contributed by atoms with E-state index in [-0.39, 0.29) is 48.6 Å². The summed E-state index contributed by atoms with van der Waals surface area (Å²) in [5, 5.41) is 12.8. The van der Waals surface area contributed by atoms with E-state index in [9.17, 15) is 5.11 Å². The van der Waals surface area contributed by atoms with E-state index < -0.39 is 12.3 Å². The first-order chi connectivity index (χ1) is 34.2. The summed E-state index contributed by atoms with van der Waals surface area (Å²) in [5.74, 6) is 0.685. The number of para-hydroxylation sites is 1. The van der Waals surface area contributed by atoms with Crippen LogP contribution < -0.4 is 0 Å². The fourth-order valence-corrected chi connectivity index (χ4v) is 9.35. The normalized spacial score (nSPS) is 13.1. The molecule has 2 aromatic heterocycles. The predicted octanol–water partition coefficient (Wildman–Crippen LogP) is 17.7. The van der Waals surface area contributed by atoms with Crippen LogP contribution in [0.3, 0.4) is 0 Å². The quantitative estimate of drug-likeness (QED) is 0.162. The molecule has 0 atom stereocenters. The van der Waals surface area contributed by atoms with Gasteiger partial charge in [-0.25, -0.2) is 4.98 Å². The summed E-state index contributed by atoms with van der Waals surface area (Å²) < 4.78 is 29.1. The molecule has 7 aromatic carbocycles. The molecule has 0 aliphatic rings. The third kappa shape index (κ3) is 10.2. The number of phenols is 1. The molecule has 0 aliphatic carbocycles. The van der Waals surface area contributed by atoms with E-state index in [0.717, 1.165) is 83.7 Å². The molecular formula is C66H68N3OPt-. The van der Waals surface area contributed by atoms with Gasteiger partial charge in [0.25, 0.3) is 0 Å². The van der Waals surface area contributed by atoms with E-state index >= 15 is 0 Å². The second-order valence-electron chi connectivity index (χ2n) is 23.2. The Kier molecular flexibility index (Phi) is 12.6. The maximum Gasteiger partial charge on any atom is 0.148 e. The van der Waals surface area contributed by atoms with Crippen LogP contribution in [0.15, 0.2) is 152 Å². The largest absolute Gasteiger partial charge is 0.507 e. The average Bonchev–Trinajstić information content (AvgIpc) is 3.72. The number of benzene rings is 7. The summed E-state index contributed by atoms with van der Waals surface area (Å²) in [5.41, 5.74) is 15.9. The first kappa shape index (κ1) is 47.0. The topological polar surface area (TPSA) is 50.9 Å². The van der Waals surface area contributed by atoms with Crippen LogP contribution >= 0.6 is 0 Å². The van der Waals surface area contributed by atoms with Gasteiger partial charge in [0.1, 0.15) is 11.6 Å². The minimum absolute atomic E-state index is 0. The SMILES string of the molecule is [2H]C([2H])([2H])c1cc(-c2ccc(C(C)(C)C)cc2)c(-n2c(-c3cc(C(C)(C)C)cc(C(C)(C)C)c3O)nc3c(-c4[c-]c(-c5cc(-c6ccc(C)cc6)ccn5)cc(C(C)(C)C)c4)cccc32)cc1-c1ccccc1.[Pt]. The number of fused-ring (bicyclic) bond motifs is 1. The summed E-state index contributed by atoms with van der Waals surface area (Å²) in [6, 6.07) is 53.6. The zero-order valence-electron chi connectivity index (χ0n) is 46.5. The van der Waals surface area contributed by atoms with Gasteiger partial charge in [-0.05, 0) is 110 Å². The van der Waals surface area contributed by atoms with Gasteiger partial charge in [-0.2, -0.15) is 0 Å². The van der Waals surface area contributed by atoms with Crippen molar-refractivity contribution in [3.05, 3.63) is 191 Å². The van der Waals surface area contributed by atoms with Crippen molar-refractivity contribution in [2.24, 2.45) is 0 Å². The number of aromatic hydroxyl groups is 1. The van der Waals surface area contributed by atoms with Crippen LogP contribution in [0.25, 0.3) is 83.9 Å². The summed E-state index contributed by atoms with van der Waals surface area (Å²) in [7, 11) is 0. The van der Waals surface area contributed by atoms with Gasteiger partial charge in [-0.1, -0.05) is 203 Å². The summed E-state index contributed by atoms with van der Waals surface area (Å²) in [6.45, 7) is 25.8. The van der Waals surface area contributed by atoms with E-state index in [1.807, 2.05) is 54.7 Å². The van der Waals surface area contributed by atoms with Crippen LogP contribution in [-0.2, 0) is 42.7 Å². The fourth-order valence-electron chi connectivity index (χ4n) is 9.35. The first-order valence-electron chi connectivity index (χ1n) is 26.0. The Hall–Kier alpha value is -6.35. The summed E-state index contributed by atoms with van der Waals surface area (Å²) in [4.78, 5) is 10.6. The van der Waals surface area contributed by atoms with E-state index in [0.29, 0.717) is 22.5 Å². The second kappa shape index (κ2) is 19.0. The number of aromatic nitrogens is 3. The van der Waals surface area contributed by atoms with Crippen molar-refractivity contribution in [1.82, 2.24) is 14.5 Å². The average molecular weight is 1120 g/mol. The van der Waals surface area contributed by atoms with Gasteiger partial charge >= 0.3 is 0 Å². The van der Waals surface area contributed by atoms with Crippen LogP contribution in [0.2, 0.25) is 0 Å². The molecule has 9 aromatic rings. The van der Waals surface area contributed by atoms with Crippen molar-refractivity contribution >= 4 is 11.0 Å². The number of hydrogen-bond donors (Lipinski definition) is 1. The number of phenolic OH excluding ortho intramolecular Hbond substituents is 1. The van der Waals surface area contributed by atoms with Crippen molar-refractivity contribution < 1.29 is 30.3 Å². The van der Waals surface area contributed by atoms with Crippen molar-refractivity contribution in [2.75, 3.05) is 0 Å². The minimum Gasteiger partial charge on any atom is -0.507 e. The molecular weight excluding hydrogens is 1050 g/mol. The van der Waals surface area contributed by atoms with Gasteiger partial charge in [0.05, 0.1) is 22.3 Å². The zero-order valence-corrected chi connectivity index (χ0v) is 45.8. The van der Waals surface area contributed by atoms with Gasteiger partial charge in [0.15, 0.2) is 0 Å². The minimum atomic E-state index is -2.45. The summed E-state index contributed by atoms with van der Waals surface area (Å²) >= 11 is 0. The Bertz CT molecular complexity index is 3530. The van der Waals surface area contributed by atoms with Crippen molar-refractivity contribution in [1.29, 1.82) is 0 Å². The molecule has 0 spiro atoms. The Morgan fingerprint density at radius 2 is 1.14 bits per heavy atom. The van der Waals surface area contributed by atoms with Crippen LogP contribution in [0.1, 0.15) is 121 Å². The smallest absolute Gasteiger partial charge is 0.148 e. The van der Waals surface area contributed by atoms with Crippen LogP contribution in [0.4, 0.5) is 0 Å². The molecule has 0 unspecified atom stereocenters. The fraction of sp³-hybridized carbons (Fsp3) is 0.273. The zero-order chi connectivity index (χ0) is 52.6. The van der Waals surface area contributed by atoms with Gasteiger partial charge in [-0.15, -0.1) is 29.3 Å². The molecule has 364 valence electrons. The summed E-state index contributed by atoms with van der Waals surface area (Å²) in [6.07, 6.45) is 1.87. The molecule has 0 fully saturated rings. The molecule has 2 heterocycles. The predicted molar refractivity (Wildman–Crippen MR) is 296 cm³/mol. The Morgan fingerprint density at radius 1 is 0.521 bits per heavy atom. The van der Waals surface area contributed by atoms with Gasteiger partial charge in [0, 0.05) is 48.2 Å². The molecule has 0 saturated heterocycles. The number of imidazole rings is 1. The molecule has 0 aliphatic heterocycles. The Balaban J connectivity index is 0.00000729. The number of nitrogens with zero attached hydrogens (tertiary/aromatic N) is 3. The molecule has 4 nitrogen and oxygen atoms in total. The number of rotatable bonds is 7. The van der Waals surface area contributed by atoms with E-state index in [1.165, 1.54) is 5.56 Å². The van der Waals surface area contributed by atoms with E-state index in [4.69, 9.17) is 14.1 Å². The van der Waals surface area contributed by atoms with Crippen molar-refractivity contribution in [3.8, 4) is 78.6 Å². The molecule has 0 amide bonds. The maximum atomic E-state index is 12.8. The first-order valence-corrected chi connectivity index (χ1v) is 24.5. The third-order valence-corrected chi connectivity index (χ3v) is 13.7. The molecule has 0 saturated carbocycles. The van der Waals surface area contributed by atoms with Gasteiger partial charge in [-0.3, -0.25) is 9.55 Å². The molecule has 9 rings (SSSR count). The Morgan fingerprint density at radius 3 is 1.77 bits per heavy atom. The number of aryl methyl sites for hydroxylation is 2. The van der Waals surface area contributed by atoms with Crippen LogP contribution in [0, 0.1) is 19.8 Å².